The Labute approximate surface area is 93.9 Å². The van der Waals surface area contributed by atoms with Crippen molar-refractivity contribution in [1.29, 1.82) is 0 Å². The Kier molecular flexibility index (Phi) is 2.75. The Morgan fingerprint density at radius 3 is 2.75 bits per heavy atom. The first-order chi connectivity index (χ1) is 7.51. The van der Waals surface area contributed by atoms with Gasteiger partial charge in [0.2, 0.25) is 0 Å². The zero-order valence-electron chi connectivity index (χ0n) is 8.00. The van der Waals surface area contributed by atoms with Crippen molar-refractivity contribution in [1.82, 2.24) is 14.5 Å². The van der Waals surface area contributed by atoms with Gasteiger partial charge in [-0.05, 0) is 6.07 Å². The molecule has 0 atom stereocenters. The molecule has 0 fully saturated rings. The molecule has 0 aliphatic heterocycles. The molecule has 16 heavy (non-hydrogen) atoms. The van der Waals surface area contributed by atoms with Crippen LogP contribution in [0.15, 0.2) is 18.5 Å². The zero-order valence-corrected chi connectivity index (χ0v) is 8.76. The molecule has 0 amide bonds. The van der Waals surface area contributed by atoms with Gasteiger partial charge in [0.05, 0.1) is 17.6 Å². The molecule has 86 valence electrons. The first-order valence-electron chi connectivity index (χ1n) is 4.43. The molecule has 2 aromatic rings. The summed E-state index contributed by atoms with van der Waals surface area (Å²) in [6, 6.07) is 1.49. The number of nitrogens with zero attached hydrogens (tertiary/aromatic N) is 3. The summed E-state index contributed by atoms with van der Waals surface area (Å²) in [5.74, 6) is 0.132. The highest BCUT2D eigenvalue weighted by Gasteiger charge is 2.30. The summed E-state index contributed by atoms with van der Waals surface area (Å²) >= 11 is 5.56. The highest BCUT2D eigenvalue weighted by molar-refractivity contribution is 6.16. The molecule has 0 aliphatic rings. The summed E-state index contributed by atoms with van der Waals surface area (Å²) in [6.07, 6.45) is -1.45. The van der Waals surface area contributed by atoms with Gasteiger partial charge in [-0.25, -0.2) is 4.98 Å². The minimum atomic E-state index is -4.29. The number of pyridine rings is 1. The Morgan fingerprint density at radius 1 is 1.38 bits per heavy atom. The summed E-state index contributed by atoms with van der Waals surface area (Å²) in [5.41, 5.74) is 0.811. The van der Waals surface area contributed by atoms with Crippen molar-refractivity contribution in [2.24, 2.45) is 0 Å². The van der Waals surface area contributed by atoms with Crippen LogP contribution in [0.3, 0.4) is 0 Å². The molecule has 0 saturated heterocycles. The van der Waals surface area contributed by atoms with Crippen LogP contribution in [0.2, 0.25) is 0 Å². The maximum atomic E-state index is 12.4. The zero-order chi connectivity index (χ0) is 11.8. The van der Waals surface area contributed by atoms with Gasteiger partial charge in [0, 0.05) is 6.20 Å². The highest BCUT2D eigenvalue weighted by atomic mass is 35.5. The summed E-state index contributed by atoms with van der Waals surface area (Å²) < 4.78 is 38.1. The second kappa shape index (κ2) is 3.93. The SMILES string of the molecule is FC(F)(F)Cn1c(CCl)nc2cnccc21. The van der Waals surface area contributed by atoms with E-state index in [0.717, 1.165) is 4.57 Å². The molecule has 0 aliphatic carbocycles. The van der Waals surface area contributed by atoms with Gasteiger partial charge in [0.25, 0.3) is 0 Å². The average molecular weight is 250 g/mol. The van der Waals surface area contributed by atoms with E-state index in [9.17, 15) is 13.2 Å². The predicted molar refractivity (Wildman–Crippen MR) is 53.1 cm³/mol. The molecular weight excluding hydrogens is 243 g/mol. The summed E-state index contributed by atoms with van der Waals surface area (Å²) in [5, 5.41) is 0. The Bertz CT molecular complexity index is 506. The van der Waals surface area contributed by atoms with E-state index in [4.69, 9.17) is 11.6 Å². The molecule has 0 N–H and O–H groups in total. The lowest BCUT2D eigenvalue weighted by Gasteiger charge is -2.10. The van der Waals surface area contributed by atoms with Crippen LogP contribution in [0, 0.1) is 0 Å². The van der Waals surface area contributed by atoms with Crippen LogP contribution < -0.4 is 0 Å². The quantitative estimate of drug-likeness (QED) is 0.766. The van der Waals surface area contributed by atoms with Crippen LogP contribution in [0.25, 0.3) is 11.0 Å². The first-order valence-corrected chi connectivity index (χ1v) is 4.96. The summed E-state index contributed by atoms with van der Waals surface area (Å²) in [6.45, 7) is -1.09. The minimum Gasteiger partial charge on any atom is -0.318 e. The normalized spacial score (nSPS) is 12.2. The molecule has 2 heterocycles. The Morgan fingerprint density at radius 2 is 2.12 bits per heavy atom. The number of hydrogen-bond donors (Lipinski definition) is 0. The smallest absolute Gasteiger partial charge is 0.318 e. The van der Waals surface area contributed by atoms with Crippen molar-refractivity contribution in [3.05, 3.63) is 24.3 Å². The fraction of sp³-hybridized carbons (Fsp3) is 0.333. The number of halogens is 4. The molecule has 0 radical (unpaired) electrons. The molecular formula is C9H7ClF3N3. The maximum absolute atomic E-state index is 12.4. The Hall–Kier alpha value is -1.30. The molecule has 3 nitrogen and oxygen atoms in total. The molecule has 0 aromatic carbocycles. The lowest BCUT2D eigenvalue weighted by molar-refractivity contribution is -0.140. The predicted octanol–water partition coefficient (Wildman–Crippen LogP) is 2.73. The van der Waals surface area contributed by atoms with E-state index in [2.05, 4.69) is 9.97 Å². The van der Waals surface area contributed by atoms with E-state index in [1.54, 1.807) is 0 Å². The molecule has 0 bridgehead atoms. The number of imidazole rings is 1. The van der Waals surface area contributed by atoms with Gasteiger partial charge in [0.15, 0.2) is 0 Å². The van der Waals surface area contributed by atoms with Gasteiger partial charge in [-0.15, -0.1) is 11.6 Å². The van der Waals surface area contributed by atoms with E-state index < -0.39 is 12.7 Å². The number of alkyl halides is 4. The van der Waals surface area contributed by atoms with Crippen LogP contribution in [-0.2, 0) is 12.4 Å². The molecule has 0 unspecified atom stereocenters. The number of aromatic nitrogens is 3. The van der Waals surface area contributed by atoms with Crippen LogP contribution in [-0.4, -0.2) is 20.7 Å². The largest absolute Gasteiger partial charge is 0.406 e. The molecule has 2 aromatic heterocycles. The highest BCUT2D eigenvalue weighted by Crippen LogP contribution is 2.23. The van der Waals surface area contributed by atoms with Crippen LogP contribution in [0.4, 0.5) is 13.2 Å². The van der Waals surface area contributed by atoms with E-state index in [1.165, 1.54) is 18.5 Å². The molecule has 0 saturated carbocycles. The molecule has 0 spiro atoms. The lowest BCUT2D eigenvalue weighted by atomic mass is 10.4. The van der Waals surface area contributed by atoms with Gasteiger partial charge < -0.3 is 4.57 Å². The second-order valence-corrected chi connectivity index (χ2v) is 3.49. The first kappa shape index (κ1) is 11.2. The van der Waals surface area contributed by atoms with Gasteiger partial charge in [0.1, 0.15) is 17.9 Å². The third-order valence-corrected chi connectivity index (χ3v) is 2.33. The molecule has 7 heteroatoms. The minimum absolute atomic E-state index is 0.0647. The fourth-order valence-electron chi connectivity index (χ4n) is 1.49. The van der Waals surface area contributed by atoms with Gasteiger partial charge in [-0.2, -0.15) is 13.2 Å². The van der Waals surface area contributed by atoms with Crippen molar-refractivity contribution in [3.8, 4) is 0 Å². The molecule has 2 rings (SSSR count). The van der Waals surface area contributed by atoms with Crippen molar-refractivity contribution >= 4 is 22.6 Å². The maximum Gasteiger partial charge on any atom is 0.406 e. The van der Waals surface area contributed by atoms with Crippen LogP contribution >= 0.6 is 11.6 Å². The van der Waals surface area contributed by atoms with E-state index >= 15 is 0 Å². The van der Waals surface area contributed by atoms with E-state index in [-0.39, 0.29) is 11.7 Å². The second-order valence-electron chi connectivity index (χ2n) is 3.23. The third-order valence-electron chi connectivity index (χ3n) is 2.09. The van der Waals surface area contributed by atoms with E-state index in [0.29, 0.717) is 11.0 Å². The van der Waals surface area contributed by atoms with Crippen molar-refractivity contribution in [3.63, 3.8) is 0 Å². The summed E-state index contributed by atoms with van der Waals surface area (Å²) in [7, 11) is 0. The topological polar surface area (TPSA) is 30.7 Å². The van der Waals surface area contributed by atoms with Gasteiger partial charge >= 0.3 is 6.18 Å². The lowest BCUT2D eigenvalue weighted by Crippen LogP contribution is -2.19. The van der Waals surface area contributed by atoms with Gasteiger partial charge in [-0.3, -0.25) is 4.98 Å². The monoisotopic (exact) mass is 249 g/mol. The Balaban J connectivity index is 2.56. The van der Waals surface area contributed by atoms with Crippen molar-refractivity contribution in [2.75, 3.05) is 0 Å². The number of hydrogen-bond acceptors (Lipinski definition) is 2. The third kappa shape index (κ3) is 2.11. The van der Waals surface area contributed by atoms with Crippen molar-refractivity contribution < 1.29 is 13.2 Å². The average Bonchev–Trinajstić information content (AvgIpc) is 2.55. The van der Waals surface area contributed by atoms with Crippen LogP contribution in [0.1, 0.15) is 5.82 Å². The fourth-order valence-corrected chi connectivity index (χ4v) is 1.69. The van der Waals surface area contributed by atoms with Crippen LogP contribution in [0.5, 0.6) is 0 Å². The number of fused-ring (bicyclic) bond motifs is 1. The van der Waals surface area contributed by atoms with Crippen molar-refractivity contribution in [2.45, 2.75) is 18.6 Å². The van der Waals surface area contributed by atoms with E-state index in [1.807, 2.05) is 0 Å². The van der Waals surface area contributed by atoms with Gasteiger partial charge in [-0.1, -0.05) is 0 Å². The summed E-state index contributed by atoms with van der Waals surface area (Å²) in [4.78, 5) is 7.78. The standard InChI is InChI=1S/C9H7ClF3N3/c10-3-8-15-6-4-14-2-1-7(6)16(8)5-9(11,12)13/h1-2,4H,3,5H2. The number of rotatable bonds is 2.